The van der Waals surface area contributed by atoms with Crippen LogP contribution in [0.3, 0.4) is 0 Å². The highest BCUT2D eigenvalue weighted by atomic mass is 16.5. The quantitative estimate of drug-likeness (QED) is 0.696. The minimum atomic E-state index is 0.0893. The summed E-state index contributed by atoms with van der Waals surface area (Å²) in [5.74, 6) is 1.08. The van der Waals surface area contributed by atoms with Gasteiger partial charge in [-0.3, -0.25) is 4.90 Å². The number of methoxy groups -OCH3 is 1. The number of hydrogen-bond donors (Lipinski definition) is 2. The molecule has 2 heterocycles. The van der Waals surface area contributed by atoms with Gasteiger partial charge in [0.25, 0.3) is 0 Å². The fraction of sp³-hybridized carbons (Fsp3) is 0.536. The summed E-state index contributed by atoms with van der Waals surface area (Å²) in [6, 6.07) is 17.5. The van der Waals surface area contributed by atoms with Gasteiger partial charge in [-0.2, -0.15) is 0 Å². The second-order valence-electron chi connectivity index (χ2n) is 9.99. The molecule has 34 heavy (non-hydrogen) atoms. The van der Waals surface area contributed by atoms with Gasteiger partial charge in [-0.15, -0.1) is 0 Å². The van der Waals surface area contributed by atoms with Crippen LogP contribution in [0, 0.1) is 0 Å². The molecule has 5 rings (SSSR count). The van der Waals surface area contributed by atoms with E-state index in [-0.39, 0.29) is 30.6 Å². The van der Waals surface area contributed by atoms with Crippen LogP contribution in [0.4, 0.5) is 4.79 Å². The lowest BCUT2D eigenvalue weighted by atomic mass is 9.74. The molecule has 1 saturated carbocycles. The van der Waals surface area contributed by atoms with E-state index in [0.717, 1.165) is 55.6 Å². The molecule has 2 N–H and O–H groups in total. The number of urea groups is 1. The SMILES string of the molecule is COc1ccccc1-c1ccc([C@H]2[C@@H](CO)N3CCCCN(C(=O)NC4CCCC4)C[C@@H]23)cc1. The Bertz CT molecular complexity index is 973. The van der Waals surface area contributed by atoms with E-state index in [1.807, 2.05) is 23.1 Å². The molecule has 2 aromatic rings. The Hall–Kier alpha value is -2.57. The third kappa shape index (κ3) is 4.53. The summed E-state index contributed by atoms with van der Waals surface area (Å²) in [5.41, 5.74) is 3.43. The maximum atomic E-state index is 13.1. The van der Waals surface area contributed by atoms with Crippen LogP contribution in [0.15, 0.2) is 48.5 Å². The molecule has 0 bridgehead atoms. The van der Waals surface area contributed by atoms with Crippen LogP contribution < -0.4 is 10.1 Å². The van der Waals surface area contributed by atoms with Crippen molar-refractivity contribution in [1.29, 1.82) is 0 Å². The number of ether oxygens (including phenoxy) is 1. The highest BCUT2D eigenvalue weighted by Crippen LogP contribution is 2.42. The van der Waals surface area contributed by atoms with Gasteiger partial charge in [-0.25, -0.2) is 4.79 Å². The lowest BCUT2D eigenvalue weighted by Gasteiger charge is -2.57. The standard InChI is InChI=1S/C28H37N3O3/c1-34-26-11-5-4-10-23(26)20-12-14-21(15-13-20)27-24-18-30(28(33)29-22-8-2-3-9-22)16-6-7-17-31(24)25(27)19-32/h4-5,10-15,22,24-25,27,32H,2-3,6-9,16-19H2,1H3,(H,29,33)/t24-,25+,27+/m0/s1. The van der Waals surface area contributed by atoms with Gasteiger partial charge in [0, 0.05) is 42.7 Å². The van der Waals surface area contributed by atoms with E-state index in [9.17, 15) is 9.90 Å². The predicted molar refractivity (Wildman–Crippen MR) is 134 cm³/mol. The molecule has 2 aromatic carbocycles. The first kappa shape index (κ1) is 23.2. The van der Waals surface area contributed by atoms with Crippen molar-refractivity contribution >= 4 is 6.03 Å². The number of benzene rings is 2. The number of hydrogen-bond acceptors (Lipinski definition) is 4. The molecule has 3 aliphatic rings. The van der Waals surface area contributed by atoms with E-state index in [0.29, 0.717) is 12.6 Å². The molecule has 0 radical (unpaired) electrons. The zero-order valence-corrected chi connectivity index (χ0v) is 20.2. The Labute approximate surface area is 202 Å². The normalized spacial score (nSPS) is 25.7. The lowest BCUT2D eigenvalue weighted by molar-refractivity contribution is -0.0591. The number of aliphatic hydroxyl groups is 1. The summed E-state index contributed by atoms with van der Waals surface area (Å²) in [6.07, 6.45) is 6.70. The van der Waals surface area contributed by atoms with Gasteiger partial charge >= 0.3 is 6.03 Å². The van der Waals surface area contributed by atoms with E-state index in [1.54, 1.807) is 7.11 Å². The average Bonchev–Trinajstić information content (AvgIpc) is 3.36. The van der Waals surface area contributed by atoms with Crippen molar-refractivity contribution in [3.8, 4) is 16.9 Å². The van der Waals surface area contributed by atoms with Gasteiger partial charge < -0.3 is 20.1 Å². The predicted octanol–water partition coefficient (Wildman–Crippen LogP) is 4.24. The first-order chi connectivity index (χ1) is 16.7. The van der Waals surface area contributed by atoms with E-state index in [2.05, 4.69) is 40.5 Å². The molecule has 6 heteroatoms. The first-order valence-electron chi connectivity index (χ1n) is 12.8. The number of carbonyl (C=O) groups is 1. The van der Waals surface area contributed by atoms with Gasteiger partial charge in [-0.1, -0.05) is 55.3 Å². The molecule has 2 saturated heterocycles. The molecular weight excluding hydrogens is 426 g/mol. The van der Waals surface area contributed by atoms with Crippen LogP contribution in [0.2, 0.25) is 0 Å². The molecule has 2 aliphatic heterocycles. The largest absolute Gasteiger partial charge is 0.496 e. The van der Waals surface area contributed by atoms with Crippen LogP contribution in [0.1, 0.15) is 50.0 Å². The van der Waals surface area contributed by atoms with E-state index in [1.165, 1.54) is 18.4 Å². The van der Waals surface area contributed by atoms with Gasteiger partial charge in [0.15, 0.2) is 0 Å². The summed E-state index contributed by atoms with van der Waals surface area (Å²) in [5, 5.41) is 13.5. The molecule has 0 spiro atoms. The second kappa shape index (κ2) is 10.4. The van der Waals surface area contributed by atoms with Crippen LogP contribution in [-0.4, -0.2) is 72.4 Å². The van der Waals surface area contributed by atoms with Gasteiger partial charge in [0.1, 0.15) is 5.75 Å². The van der Waals surface area contributed by atoms with Crippen molar-refractivity contribution in [3.05, 3.63) is 54.1 Å². The third-order valence-electron chi connectivity index (χ3n) is 8.05. The number of aliphatic hydroxyl groups excluding tert-OH is 1. The minimum Gasteiger partial charge on any atom is -0.496 e. The van der Waals surface area contributed by atoms with Crippen LogP contribution in [0.5, 0.6) is 5.75 Å². The van der Waals surface area contributed by atoms with Crippen molar-refractivity contribution in [1.82, 2.24) is 15.1 Å². The third-order valence-corrected chi connectivity index (χ3v) is 8.05. The fourth-order valence-electron chi connectivity index (χ4n) is 6.23. The monoisotopic (exact) mass is 463 g/mol. The van der Waals surface area contributed by atoms with Gasteiger partial charge in [0.05, 0.1) is 13.7 Å². The Morgan fingerprint density at radius 3 is 2.50 bits per heavy atom. The van der Waals surface area contributed by atoms with Crippen molar-refractivity contribution in [2.75, 3.05) is 33.4 Å². The molecule has 2 amide bonds. The van der Waals surface area contributed by atoms with Crippen LogP contribution in [-0.2, 0) is 0 Å². The topological polar surface area (TPSA) is 65.0 Å². The molecule has 6 nitrogen and oxygen atoms in total. The number of amides is 2. The molecule has 0 aromatic heterocycles. The zero-order chi connectivity index (χ0) is 23.5. The molecule has 3 atom stereocenters. The molecule has 0 unspecified atom stereocenters. The number of carbonyl (C=O) groups excluding carboxylic acids is 1. The van der Waals surface area contributed by atoms with E-state index >= 15 is 0 Å². The summed E-state index contributed by atoms with van der Waals surface area (Å²) >= 11 is 0. The Balaban J connectivity index is 1.34. The Kier molecular flexibility index (Phi) is 7.07. The van der Waals surface area contributed by atoms with Crippen LogP contribution >= 0.6 is 0 Å². The Morgan fingerprint density at radius 2 is 1.76 bits per heavy atom. The molecule has 3 fully saturated rings. The van der Waals surface area contributed by atoms with Crippen molar-refractivity contribution in [3.63, 3.8) is 0 Å². The highest BCUT2D eigenvalue weighted by Gasteiger charge is 2.49. The second-order valence-corrected chi connectivity index (χ2v) is 9.99. The van der Waals surface area contributed by atoms with E-state index in [4.69, 9.17) is 4.74 Å². The van der Waals surface area contributed by atoms with Crippen molar-refractivity contribution in [2.24, 2.45) is 0 Å². The van der Waals surface area contributed by atoms with E-state index < -0.39 is 0 Å². The number of fused-ring (bicyclic) bond motifs is 1. The van der Waals surface area contributed by atoms with Crippen LogP contribution in [0.25, 0.3) is 11.1 Å². The lowest BCUT2D eigenvalue weighted by Crippen LogP contribution is -2.68. The summed E-state index contributed by atoms with van der Waals surface area (Å²) in [4.78, 5) is 17.5. The number of rotatable bonds is 5. The molecular formula is C28H37N3O3. The molecule has 1 aliphatic carbocycles. The summed E-state index contributed by atoms with van der Waals surface area (Å²) in [7, 11) is 1.70. The van der Waals surface area contributed by atoms with Crippen molar-refractivity contribution in [2.45, 2.75) is 62.6 Å². The average molecular weight is 464 g/mol. The highest BCUT2D eigenvalue weighted by molar-refractivity contribution is 5.74. The number of para-hydroxylation sites is 1. The summed E-state index contributed by atoms with van der Waals surface area (Å²) < 4.78 is 5.54. The smallest absolute Gasteiger partial charge is 0.317 e. The van der Waals surface area contributed by atoms with Gasteiger partial charge in [-0.05, 0) is 49.4 Å². The minimum absolute atomic E-state index is 0.0893. The fourth-order valence-corrected chi connectivity index (χ4v) is 6.23. The Morgan fingerprint density at radius 1 is 1.03 bits per heavy atom. The number of nitrogens with one attached hydrogen (secondary N) is 1. The maximum Gasteiger partial charge on any atom is 0.317 e. The maximum absolute atomic E-state index is 13.1. The zero-order valence-electron chi connectivity index (χ0n) is 20.2. The molecule has 182 valence electrons. The first-order valence-corrected chi connectivity index (χ1v) is 12.8. The van der Waals surface area contributed by atoms with Gasteiger partial charge in [0.2, 0.25) is 0 Å². The van der Waals surface area contributed by atoms with Crippen molar-refractivity contribution < 1.29 is 14.6 Å². The number of nitrogens with zero attached hydrogens (tertiary/aromatic N) is 2. The summed E-state index contributed by atoms with van der Waals surface area (Å²) in [6.45, 7) is 2.66.